The van der Waals surface area contributed by atoms with E-state index < -0.39 is 18.0 Å². The lowest BCUT2D eigenvalue weighted by molar-refractivity contribution is -0.152. The summed E-state index contributed by atoms with van der Waals surface area (Å²) >= 11 is 5.96. The van der Waals surface area contributed by atoms with E-state index in [1.165, 1.54) is 11.8 Å². The monoisotopic (exact) mass is 416 g/mol. The van der Waals surface area contributed by atoms with E-state index in [4.69, 9.17) is 21.1 Å². The normalized spacial score (nSPS) is 14.3. The second kappa shape index (κ2) is 8.96. The van der Waals surface area contributed by atoms with E-state index in [0.29, 0.717) is 22.1 Å². The molecule has 0 aliphatic carbocycles. The second-order valence-electron chi connectivity index (χ2n) is 6.63. The quantitative estimate of drug-likeness (QED) is 0.755. The Balaban J connectivity index is 1.64. The summed E-state index contributed by atoms with van der Waals surface area (Å²) in [7, 11) is 0. The number of benzene rings is 2. The van der Waals surface area contributed by atoms with Gasteiger partial charge in [0.15, 0.2) is 6.10 Å². The van der Waals surface area contributed by atoms with Crippen LogP contribution in [0.2, 0.25) is 5.02 Å². The summed E-state index contributed by atoms with van der Waals surface area (Å²) in [6.07, 6.45) is -0.902. The zero-order valence-corrected chi connectivity index (χ0v) is 16.9. The molecule has 1 N–H and O–H groups in total. The standard InChI is InChI=1S/C21H21ClN2O5/c1-13-7-8-15(22)11-16(13)23-21(27)14(2)29-20(26)12-24-17-5-3-4-6-18(17)28-10-9-19(24)25/h3-8,11,14H,9-10,12H2,1-2H3,(H,23,27)/t14-/m1/s1. The number of carbonyl (C=O) groups is 3. The highest BCUT2D eigenvalue weighted by atomic mass is 35.5. The maximum Gasteiger partial charge on any atom is 0.326 e. The minimum Gasteiger partial charge on any atom is -0.491 e. The van der Waals surface area contributed by atoms with Crippen molar-refractivity contribution < 1.29 is 23.9 Å². The third-order valence-corrected chi connectivity index (χ3v) is 4.69. The van der Waals surface area contributed by atoms with Crippen molar-refractivity contribution in [2.24, 2.45) is 0 Å². The Kier molecular flexibility index (Phi) is 6.39. The number of ether oxygens (including phenoxy) is 2. The number of nitrogens with one attached hydrogen (secondary N) is 1. The maximum absolute atomic E-state index is 12.4. The molecular formula is C21H21ClN2O5. The van der Waals surface area contributed by atoms with Crippen LogP contribution in [0.4, 0.5) is 11.4 Å². The summed E-state index contributed by atoms with van der Waals surface area (Å²) in [5.74, 6) is -0.915. The number of aryl methyl sites for hydroxylation is 1. The van der Waals surface area contributed by atoms with Gasteiger partial charge in [-0.25, -0.2) is 0 Å². The molecule has 2 aromatic rings. The Hall–Kier alpha value is -3.06. The summed E-state index contributed by atoms with van der Waals surface area (Å²) in [6, 6.07) is 12.1. The molecule has 0 spiro atoms. The van der Waals surface area contributed by atoms with Gasteiger partial charge in [0.1, 0.15) is 12.3 Å². The van der Waals surface area contributed by atoms with Crippen LogP contribution < -0.4 is 15.0 Å². The first-order valence-corrected chi connectivity index (χ1v) is 9.51. The Labute approximate surface area is 173 Å². The van der Waals surface area contributed by atoms with Gasteiger partial charge in [-0.3, -0.25) is 19.3 Å². The van der Waals surface area contributed by atoms with Crippen LogP contribution in [-0.4, -0.2) is 37.0 Å². The summed E-state index contributed by atoms with van der Waals surface area (Å²) in [6.45, 7) is 3.22. The smallest absolute Gasteiger partial charge is 0.326 e. The minimum atomic E-state index is -1.05. The number of para-hydroxylation sites is 2. The topological polar surface area (TPSA) is 84.9 Å². The molecule has 2 aromatic carbocycles. The van der Waals surface area contributed by atoms with Crippen LogP contribution in [0.3, 0.4) is 0 Å². The molecular weight excluding hydrogens is 396 g/mol. The molecule has 0 unspecified atom stereocenters. The fourth-order valence-corrected chi connectivity index (χ4v) is 3.05. The van der Waals surface area contributed by atoms with Crippen LogP contribution in [0.15, 0.2) is 42.5 Å². The van der Waals surface area contributed by atoms with Crippen molar-refractivity contribution >= 4 is 40.8 Å². The van der Waals surface area contributed by atoms with E-state index in [1.807, 2.05) is 6.92 Å². The summed E-state index contributed by atoms with van der Waals surface area (Å²) in [5, 5.41) is 3.18. The van der Waals surface area contributed by atoms with E-state index in [-0.39, 0.29) is 25.5 Å². The molecule has 0 saturated carbocycles. The highest BCUT2D eigenvalue weighted by molar-refractivity contribution is 6.31. The van der Waals surface area contributed by atoms with Crippen LogP contribution in [0.25, 0.3) is 0 Å². The van der Waals surface area contributed by atoms with Gasteiger partial charge in [-0.05, 0) is 43.7 Å². The van der Waals surface area contributed by atoms with Crippen molar-refractivity contribution in [1.82, 2.24) is 0 Å². The summed E-state index contributed by atoms with van der Waals surface area (Å²) < 4.78 is 10.8. The number of anilines is 2. The van der Waals surface area contributed by atoms with E-state index in [1.54, 1.807) is 42.5 Å². The second-order valence-corrected chi connectivity index (χ2v) is 7.06. The van der Waals surface area contributed by atoms with Crippen LogP contribution >= 0.6 is 11.6 Å². The lowest BCUT2D eigenvalue weighted by atomic mass is 10.2. The molecule has 0 bridgehead atoms. The summed E-state index contributed by atoms with van der Waals surface area (Å²) in [5.41, 5.74) is 1.87. The molecule has 1 aliphatic heterocycles. The van der Waals surface area contributed by atoms with Crippen molar-refractivity contribution in [3.63, 3.8) is 0 Å². The van der Waals surface area contributed by atoms with Crippen LogP contribution in [0.5, 0.6) is 5.75 Å². The molecule has 2 amide bonds. The van der Waals surface area contributed by atoms with Gasteiger partial charge < -0.3 is 14.8 Å². The highest BCUT2D eigenvalue weighted by Crippen LogP contribution is 2.30. The molecule has 1 heterocycles. The maximum atomic E-state index is 12.4. The average molecular weight is 417 g/mol. The first-order valence-electron chi connectivity index (χ1n) is 9.14. The number of fused-ring (bicyclic) bond motifs is 1. The molecule has 8 heteroatoms. The molecule has 7 nitrogen and oxygen atoms in total. The summed E-state index contributed by atoms with van der Waals surface area (Å²) in [4.78, 5) is 38.5. The van der Waals surface area contributed by atoms with Crippen LogP contribution in [-0.2, 0) is 19.1 Å². The molecule has 0 radical (unpaired) electrons. The lowest BCUT2D eigenvalue weighted by Gasteiger charge is -2.22. The number of halogens is 1. The van der Waals surface area contributed by atoms with Gasteiger partial charge >= 0.3 is 5.97 Å². The van der Waals surface area contributed by atoms with Gasteiger partial charge in [0.2, 0.25) is 5.91 Å². The van der Waals surface area contributed by atoms with Crippen molar-refractivity contribution in [2.45, 2.75) is 26.4 Å². The molecule has 1 aliphatic rings. The predicted molar refractivity (Wildman–Crippen MR) is 109 cm³/mol. The van der Waals surface area contributed by atoms with Crippen LogP contribution in [0.1, 0.15) is 18.9 Å². The number of nitrogens with zero attached hydrogens (tertiary/aromatic N) is 1. The fraction of sp³-hybridized carbons (Fsp3) is 0.286. The van der Waals surface area contributed by atoms with Gasteiger partial charge in [-0.15, -0.1) is 0 Å². The minimum absolute atomic E-state index is 0.145. The number of carbonyl (C=O) groups excluding carboxylic acids is 3. The van der Waals surface area contributed by atoms with Gasteiger partial charge in [0, 0.05) is 10.7 Å². The van der Waals surface area contributed by atoms with Gasteiger partial charge in [-0.2, -0.15) is 0 Å². The third-order valence-electron chi connectivity index (χ3n) is 4.45. The van der Waals surface area contributed by atoms with Crippen molar-refractivity contribution in [1.29, 1.82) is 0 Å². The van der Waals surface area contributed by atoms with Gasteiger partial charge in [0.25, 0.3) is 5.91 Å². The van der Waals surface area contributed by atoms with E-state index in [2.05, 4.69) is 5.32 Å². The number of rotatable bonds is 5. The Morgan fingerprint density at radius 2 is 2.03 bits per heavy atom. The molecule has 3 rings (SSSR count). The van der Waals surface area contributed by atoms with Gasteiger partial charge in [0.05, 0.1) is 18.7 Å². The Morgan fingerprint density at radius 3 is 2.83 bits per heavy atom. The first-order chi connectivity index (χ1) is 13.8. The highest BCUT2D eigenvalue weighted by Gasteiger charge is 2.27. The van der Waals surface area contributed by atoms with E-state index in [9.17, 15) is 14.4 Å². The number of esters is 1. The largest absolute Gasteiger partial charge is 0.491 e. The number of amides is 2. The molecule has 0 aromatic heterocycles. The zero-order valence-electron chi connectivity index (χ0n) is 16.1. The van der Waals surface area contributed by atoms with Gasteiger partial charge in [-0.1, -0.05) is 29.8 Å². The molecule has 0 fully saturated rings. The number of hydrogen-bond acceptors (Lipinski definition) is 5. The molecule has 1 atom stereocenters. The van der Waals surface area contributed by atoms with Crippen molar-refractivity contribution in [3.05, 3.63) is 53.1 Å². The SMILES string of the molecule is Cc1ccc(Cl)cc1NC(=O)[C@@H](C)OC(=O)CN1C(=O)CCOc2ccccc21. The third kappa shape index (κ3) is 5.06. The predicted octanol–water partition coefficient (Wildman–Crippen LogP) is 3.33. The molecule has 152 valence electrons. The Morgan fingerprint density at radius 1 is 1.28 bits per heavy atom. The number of hydrogen-bond donors (Lipinski definition) is 1. The average Bonchev–Trinajstić information content (AvgIpc) is 2.84. The van der Waals surface area contributed by atoms with Crippen molar-refractivity contribution in [2.75, 3.05) is 23.4 Å². The Bertz CT molecular complexity index is 946. The molecule has 0 saturated heterocycles. The lowest BCUT2D eigenvalue weighted by Crippen LogP contribution is -2.39. The van der Waals surface area contributed by atoms with Crippen LogP contribution in [0, 0.1) is 6.92 Å². The van der Waals surface area contributed by atoms with Crippen molar-refractivity contribution in [3.8, 4) is 5.75 Å². The zero-order chi connectivity index (χ0) is 21.0. The molecule has 29 heavy (non-hydrogen) atoms. The fourth-order valence-electron chi connectivity index (χ4n) is 2.87. The van der Waals surface area contributed by atoms with E-state index >= 15 is 0 Å². The first kappa shape index (κ1) is 20.7. The van der Waals surface area contributed by atoms with E-state index in [0.717, 1.165) is 5.56 Å².